The molecule has 1 N–H and O–H groups in total. The van der Waals surface area contributed by atoms with Gasteiger partial charge in [0.05, 0.1) is 28.1 Å². The molecule has 2 amide bonds. The van der Waals surface area contributed by atoms with Crippen LogP contribution in [0.15, 0.2) is 45.8 Å². The van der Waals surface area contributed by atoms with Crippen molar-refractivity contribution < 1.29 is 40.8 Å². The van der Waals surface area contributed by atoms with E-state index >= 15 is 4.39 Å². The molecule has 3 aromatic rings. The number of nitrogens with zero attached hydrogens (tertiary/aromatic N) is 4. The average Bonchev–Trinajstić information content (AvgIpc) is 3.58. The highest BCUT2D eigenvalue weighted by molar-refractivity contribution is 7.93. The van der Waals surface area contributed by atoms with Crippen molar-refractivity contribution in [2.75, 3.05) is 34.7 Å². The molecule has 0 bridgehead atoms. The molecular formula is C31H38ClF2N5O7S. The smallest absolute Gasteiger partial charge is 0.430 e. The van der Waals surface area contributed by atoms with Gasteiger partial charge in [0.25, 0.3) is 10.0 Å². The minimum Gasteiger partial charge on any atom is -0.444 e. The SMILES string of the molecule is Cc1cc(N(C(=O)OC(C)(C)C)S(=O)(=O)c2cc(Cl)c(Nc3ccc(F)cc3N3CCC(N(C)C(=O)OC(C)(C)C)C3)cc2F)no1. The van der Waals surface area contributed by atoms with Crippen LogP contribution in [0.1, 0.15) is 53.7 Å². The summed E-state index contributed by atoms with van der Waals surface area (Å²) >= 11 is 6.49. The minimum absolute atomic E-state index is 0.0290. The summed E-state index contributed by atoms with van der Waals surface area (Å²) in [6, 6.07) is 6.59. The number of aryl methyl sites for hydroxylation is 1. The third-order valence-electron chi connectivity index (χ3n) is 6.89. The molecule has 1 aliphatic rings. The first-order valence-electron chi connectivity index (χ1n) is 14.6. The lowest BCUT2D eigenvalue weighted by Crippen LogP contribution is -2.42. The van der Waals surface area contributed by atoms with Gasteiger partial charge >= 0.3 is 12.2 Å². The van der Waals surface area contributed by atoms with Gasteiger partial charge in [0, 0.05) is 32.3 Å². The van der Waals surface area contributed by atoms with Crippen LogP contribution < -0.4 is 14.5 Å². The zero-order valence-corrected chi connectivity index (χ0v) is 28.9. The Labute approximate surface area is 277 Å². The highest BCUT2D eigenvalue weighted by Gasteiger charge is 2.39. The second-order valence-corrected chi connectivity index (χ2v) is 15.2. The summed E-state index contributed by atoms with van der Waals surface area (Å²) in [6.45, 7) is 12.2. The molecule has 1 saturated heterocycles. The molecule has 47 heavy (non-hydrogen) atoms. The molecule has 1 fully saturated rings. The van der Waals surface area contributed by atoms with Crippen molar-refractivity contribution in [3.63, 3.8) is 0 Å². The lowest BCUT2D eigenvalue weighted by Gasteiger charge is -2.29. The number of anilines is 4. The van der Waals surface area contributed by atoms with Crippen LogP contribution in [0.4, 0.5) is 41.2 Å². The third-order valence-corrected chi connectivity index (χ3v) is 8.88. The van der Waals surface area contributed by atoms with Gasteiger partial charge < -0.3 is 29.1 Å². The van der Waals surface area contributed by atoms with Gasteiger partial charge in [-0.15, -0.1) is 4.31 Å². The fourth-order valence-electron chi connectivity index (χ4n) is 4.76. The molecule has 2 aromatic carbocycles. The van der Waals surface area contributed by atoms with Crippen molar-refractivity contribution in [2.24, 2.45) is 0 Å². The molecule has 4 rings (SSSR count). The quantitative estimate of drug-likeness (QED) is 0.269. The van der Waals surface area contributed by atoms with Gasteiger partial charge in [0.2, 0.25) is 0 Å². The van der Waals surface area contributed by atoms with Gasteiger partial charge in [-0.2, -0.15) is 0 Å². The molecule has 0 spiro atoms. The summed E-state index contributed by atoms with van der Waals surface area (Å²) in [5.41, 5.74) is -1.04. The summed E-state index contributed by atoms with van der Waals surface area (Å²) in [7, 11) is -3.33. The second kappa shape index (κ2) is 13.2. The first kappa shape index (κ1) is 35.7. The first-order valence-corrected chi connectivity index (χ1v) is 16.5. The van der Waals surface area contributed by atoms with Crippen molar-refractivity contribution >= 4 is 56.7 Å². The Morgan fingerprint density at radius 3 is 2.26 bits per heavy atom. The number of nitrogens with one attached hydrogen (secondary N) is 1. The molecule has 0 saturated carbocycles. The summed E-state index contributed by atoms with van der Waals surface area (Å²) < 4.78 is 73.5. The fourth-order valence-corrected chi connectivity index (χ4v) is 6.37. The van der Waals surface area contributed by atoms with Crippen molar-refractivity contribution in [3.05, 3.63) is 58.8 Å². The van der Waals surface area contributed by atoms with Gasteiger partial charge in [0.15, 0.2) is 5.82 Å². The normalized spacial score (nSPS) is 15.4. The van der Waals surface area contributed by atoms with Gasteiger partial charge in [-0.05, 0) is 79.2 Å². The number of carbonyl (C=O) groups excluding carboxylic acids is 2. The number of benzene rings is 2. The maximum atomic E-state index is 15.7. The van der Waals surface area contributed by atoms with Crippen LogP contribution in [-0.2, 0) is 19.5 Å². The number of rotatable bonds is 7. The monoisotopic (exact) mass is 697 g/mol. The van der Waals surface area contributed by atoms with Gasteiger partial charge in [0.1, 0.15) is 33.5 Å². The molecule has 1 aromatic heterocycles. The zero-order valence-electron chi connectivity index (χ0n) is 27.4. The van der Waals surface area contributed by atoms with E-state index in [1.165, 1.54) is 56.9 Å². The van der Waals surface area contributed by atoms with Crippen molar-refractivity contribution in [3.8, 4) is 0 Å². The van der Waals surface area contributed by atoms with Crippen molar-refractivity contribution in [2.45, 2.75) is 77.0 Å². The van der Waals surface area contributed by atoms with E-state index in [1.807, 2.05) is 4.90 Å². The summed E-state index contributed by atoms with van der Waals surface area (Å²) in [5, 5.41) is 6.37. The van der Waals surface area contributed by atoms with E-state index in [1.54, 1.807) is 27.8 Å². The molecule has 1 aliphatic heterocycles. The largest absolute Gasteiger partial charge is 0.444 e. The fraction of sp³-hybridized carbons (Fsp3) is 0.452. The van der Waals surface area contributed by atoms with Gasteiger partial charge in [-0.3, -0.25) is 0 Å². The van der Waals surface area contributed by atoms with Gasteiger partial charge in [-0.1, -0.05) is 16.8 Å². The second-order valence-electron chi connectivity index (χ2n) is 13.1. The van der Waals surface area contributed by atoms with Crippen LogP contribution in [0, 0.1) is 18.6 Å². The van der Waals surface area contributed by atoms with Gasteiger partial charge in [-0.25, -0.2) is 26.8 Å². The Hall–Kier alpha value is -4.11. The van der Waals surface area contributed by atoms with Crippen molar-refractivity contribution in [1.82, 2.24) is 10.1 Å². The number of aromatic nitrogens is 1. The highest BCUT2D eigenvalue weighted by atomic mass is 35.5. The number of likely N-dealkylation sites (N-methyl/N-ethyl adjacent to an activating group) is 1. The minimum atomic E-state index is -4.97. The van der Waals surface area contributed by atoms with Crippen molar-refractivity contribution in [1.29, 1.82) is 0 Å². The number of amides is 2. The molecule has 16 heteroatoms. The maximum Gasteiger partial charge on any atom is 0.430 e. The van der Waals surface area contributed by atoms with Crippen LogP contribution in [0.3, 0.4) is 0 Å². The van der Waals surface area contributed by atoms with E-state index < -0.39 is 55.8 Å². The van der Waals surface area contributed by atoms with Crippen LogP contribution >= 0.6 is 11.6 Å². The Balaban J connectivity index is 1.63. The number of hydrogen-bond acceptors (Lipinski definition) is 10. The van der Waals surface area contributed by atoms with E-state index in [2.05, 4.69) is 10.5 Å². The number of ether oxygens (including phenoxy) is 2. The van der Waals surface area contributed by atoms with E-state index in [9.17, 15) is 22.4 Å². The lowest BCUT2D eigenvalue weighted by molar-refractivity contribution is 0.0237. The maximum absolute atomic E-state index is 15.7. The molecule has 2 heterocycles. The van der Waals surface area contributed by atoms with E-state index in [0.717, 1.165) is 12.1 Å². The Morgan fingerprint density at radius 1 is 1.02 bits per heavy atom. The molecular weight excluding hydrogens is 660 g/mol. The topological polar surface area (TPSA) is 135 Å². The van der Waals surface area contributed by atoms with Crippen LogP contribution in [0.2, 0.25) is 5.02 Å². The summed E-state index contributed by atoms with van der Waals surface area (Å²) in [4.78, 5) is 28.1. The molecule has 256 valence electrons. The summed E-state index contributed by atoms with van der Waals surface area (Å²) in [5.74, 6) is -2.02. The average molecular weight is 698 g/mol. The molecule has 0 aliphatic carbocycles. The summed E-state index contributed by atoms with van der Waals surface area (Å²) in [6.07, 6.45) is -1.24. The highest BCUT2D eigenvalue weighted by Crippen LogP contribution is 2.38. The zero-order chi connectivity index (χ0) is 35.1. The number of halogens is 3. The predicted octanol–water partition coefficient (Wildman–Crippen LogP) is 7.23. The lowest BCUT2D eigenvalue weighted by atomic mass is 10.2. The van der Waals surface area contributed by atoms with Crippen LogP contribution in [-0.4, -0.2) is 68.0 Å². The number of hydrogen-bond donors (Lipinski definition) is 1. The third kappa shape index (κ3) is 8.44. The molecule has 12 nitrogen and oxygen atoms in total. The first-order chi connectivity index (χ1) is 21.7. The van der Waals surface area contributed by atoms with Crippen LogP contribution in [0.5, 0.6) is 0 Å². The van der Waals surface area contributed by atoms with E-state index in [-0.39, 0.29) is 26.8 Å². The molecule has 0 radical (unpaired) electrons. The Kier molecular flexibility index (Phi) is 10.0. The Bertz CT molecular complexity index is 1770. The molecule has 1 atom stereocenters. The molecule has 1 unspecified atom stereocenters. The number of sulfonamides is 1. The predicted molar refractivity (Wildman–Crippen MR) is 173 cm³/mol. The van der Waals surface area contributed by atoms with Crippen LogP contribution in [0.25, 0.3) is 0 Å². The van der Waals surface area contributed by atoms with E-state index in [0.29, 0.717) is 30.9 Å². The van der Waals surface area contributed by atoms with E-state index in [4.69, 9.17) is 25.6 Å². The Morgan fingerprint density at radius 2 is 1.66 bits per heavy atom. The standard InChI is InChI=1S/C31H38ClF2N5O7S/c1-18-13-27(36-46-18)39(29(41)45-31(5,6)7)47(42,43)26-15-21(32)24(16-22(26)34)35-23-10-9-19(33)14-25(23)38-12-11-20(17-38)37(8)28(40)44-30(2,3)4/h9-10,13-16,20,35H,11-12,17H2,1-8H3. The number of carbonyl (C=O) groups is 2.